The normalized spacial score (nSPS) is 20.4. The van der Waals surface area contributed by atoms with E-state index in [1.807, 2.05) is 36.5 Å². The molecule has 5 heteroatoms. The second-order valence-electron chi connectivity index (χ2n) is 6.92. The molecule has 1 aliphatic heterocycles. The first-order valence-electron chi connectivity index (χ1n) is 9.31. The Morgan fingerprint density at radius 1 is 1.23 bits per heavy atom. The summed E-state index contributed by atoms with van der Waals surface area (Å²) >= 11 is 1.84. The van der Waals surface area contributed by atoms with Crippen molar-refractivity contribution in [1.29, 1.82) is 0 Å². The third-order valence-corrected chi connectivity index (χ3v) is 6.07. The van der Waals surface area contributed by atoms with Crippen molar-refractivity contribution in [1.82, 2.24) is 4.90 Å². The number of rotatable bonds is 6. The summed E-state index contributed by atoms with van der Waals surface area (Å²) in [5.74, 6) is 0.711. The lowest BCUT2D eigenvalue weighted by Gasteiger charge is -2.42. The molecule has 2 aromatic rings. The van der Waals surface area contributed by atoms with Gasteiger partial charge in [-0.3, -0.25) is 4.79 Å². The molecule has 142 valence electrons. The van der Waals surface area contributed by atoms with E-state index in [-0.39, 0.29) is 18.3 Å². The predicted molar refractivity (Wildman–Crippen MR) is 113 cm³/mol. The van der Waals surface area contributed by atoms with Gasteiger partial charge < -0.3 is 9.80 Å². The molecule has 0 N–H and O–H groups in total. The molecule has 3 nitrogen and oxygen atoms in total. The second kappa shape index (κ2) is 10.1. The van der Waals surface area contributed by atoms with Crippen LogP contribution >= 0.6 is 23.7 Å². The van der Waals surface area contributed by atoms with E-state index in [2.05, 4.69) is 46.4 Å². The highest BCUT2D eigenvalue weighted by atomic mass is 35.5. The van der Waals surface area contributed by atoms with E-state index >= 15 is 0 Å². The highest BCUT2D eigenvalue weighted by molar-refractivity contribution is 7.09. The third-order valence-electron chi connectivity index (χ3n) is 5.14. The summed E-state index contributed by atoms with van der Waals surface area (Å²) in [5.41, 5.74) is 1.04. The Balaban J connectivity index is 0.00000243. The van der Waals surface area contributed by atoms with E-state index in [4.69, 9.17) is 0 Å². The molecule has 2 atom stereocenters. The minimum atomic E-state index is 0. The first-order valence-corrected chi connectivity index (χ1v) is 10.2. The molecule has 1 saturated heterocycles. The van der Waals surface area contributed by atoms with Crippen LogP contribution in [0.3, 0.4) is 0 Å². The molecule has 0 spiro atoms. The molecule has 2 heterocycles. The third kappa shape index (κ3) is 5.09. The van der Waals surface area contributed by atoms with Crippen LogP contribution in [0.2, 0.25) is 0 Å². The standard InChI is InChI=1S/C21H28N2OS.ClH/c1-3-21(24)23(18-8-5-4-6-9-18)20-12-14-22(16-17(20)2)13-11-19-10-7-15-25-19;/h4-10,15,17,20H,3,11-14,16H2,1-2H3;1H/t17-,20+;/m1./s1. The van der Waals surface area contributed by atoms with E-state index in [1.165, 1.54) is 4.88 Å². The van der Waals surface area contributed by atoms with Gasteiger partial charge in [0.15, 0.2) is 0 Å². The first kappa shape index (κ1) is 20.9. The fourth-order valence-corrected chi connectivity index (χ4v) is 4.51. The maximum Gasteiger partial charge on any atom is 0.226 e. The SMILES string of the molecule is CCC(=O)N(c1ccccc1)[C@H]1CCN(CCc2cccs2)C[C@H]1C.Cl. The highest BCUT2D eigenvalue weighted by Gasteiger charge is 2.33. The fourth-order valence-electron chi connectivity index (χ4n) is 3.81. The zero-order valence-corrected chi connectivity index (χ0v) is 17.3. The van der Waals surface area contributed by atoms with Gasteiger partial charge in [-0.15, -0.1) is 23.7 Å². The fraction of sp³-hybridized carbons (Fsp3) is 0.476. The zero-order chi connectivity index (χ0) is 17.6. The summed E-state index contributed by atoms with van der Waals surface area (Å²) < 4.78 is 0. The van der Waals surface area contributed by atoms with Gasteiger partial charge in [0, 0.05) is 42.7 Å². The van der Waals surface area contributed by atoms with Gasteiger partial charge in [0.1, 0.15) is 0 Å². The van der Waals surface area contributed by atoms with Crippen molar-refractivity contribution < 1.29 is 4.79 Å². The number of hydrogen-bond donors (Lipinski definition) is 0. The maximum absolute atomic E-state index is 12.6. The number of benzene rings is 1. The number of halogens is 1. The summed E-state index contributed by atoms with van der Waals surface area (Å²) in [6, 6.07) is 14.8. The van der Waals surface area contributed by atoms with Gasteiger partial charge in [0.2, 0.25) is 5.91 Å². The molecule has 1 aromatic heterocycles. The number of piperidine rings is 1. The van der Waals surface area contributed by atoms with Crippen LogP contribution in [0.5, 0.6) is 0 Å². The van der Waals surface area contributed by atoms with Crippen LogP contribution in [0.1, 0.15) is 31.6 Å². The van der Waals surface area contributed by atoms with Crippen LogP contribution in [0, 0.1) is 5.92 Å². The largest absolute Gasteiger partial charge is 0.309 e. The monoisotopic (exact) mass is 392 g/mol. The smallest absolute Gasteiger partial charge is 0.226 e. The van der Waals surface area contributed by atoms with E-state index in [0.29, 0.717) is 18.4 Å². The van der Waals surface area contributed by atoms with E-state index in [1.54, 1.807) is 0 Å². The van der Waals surface area contributed by atoms with Crippen molar-refractivity contribution >= 4 is 35.3 Å². The molecule has 0 aliphatic carbocycles. The van der Waals surface area contributed by atoms with Gasteiger partial charge in [-0.05, 0) is 42.3 Å². The topological polar surface area (TPSA) is 23.6 Å². The number of likely N-dealkylation sites (tertiary alicyclic amines) is 1. The summed E-state index contributed by atoms with van der Waals surface area (Å²) in [6.45, 7) is 7.50. The molecule has 0 bridgehead atoms. The molecular weight excluding hydrogens is 364 g/mol. The molecule has 1 aliphatic rings. The number of carbonyl (C=O) groups is 1. The average Bonchev–Trinajstić information content (AvgIpc) is 3.16. The number of hydrogen-bond acceptors (Lipinski definition) is 3. The molecule has 1 amide bonds. The van der Waals surface area contributed by atoms with Gasteiger partial charge in [0.25, 0.3) is 0 Å². The van der Waals surface area contributed by atoms with Gasteiger partial charge in [0.05, 0.1) is 0 Å². The quantitative estimate of drug-likeness (QED) is 0.700. The number of nitrogens with zero attached hydrogens (tertiary/aromatic N) is 2. The predicted octanol–water partition coefficient (Wildman–Crippen LogP) is 4.87. The van der Waals surface area contributed by atoms with E-state index in [0.717, 1.165) is 38.2 Å². The van der Waals surface area contributed by atoms with E-state index < -0.39 is 0 Å². The Kier molecular flexibility index (Phi) is 8.14. The number of para-hydroxylation sites is 1. The van der Waals surface area contributed by atoms with Gasteiger partial charge in [-0.2, -0.15) is 0 Å². The molecule has 1 fully saturated rings. The summed E-state index contributed by atoms with van der Waals surface area (Å²) in [6.07, 6.45) is 2.73. The van der Waals surface area contributed by atoms with Crippen LogP contribution in [-0.4, -0.2) is 36.5 Å². The summed E-state index contributed by atoms with van der Waals surface area (Å²) in [4.78, 5) is 18.7. The Bertz CT molecular complexity index is 662. The molecule has 0 saturated carbocycles. The average molecular weight is 393 g/mol. The maximum atomic E-state index is 12.6. The lowest BCUT2D eigenvalue weighted by molar-refractivity contribution is -0.119. The molecule has 26 heavy (non-hydrogen) atoms. The van der Waals surface area contributed by atoms with E-state index in [9.17, 15) is 4.79 Å². The minimum absolute atomic E-state index is 0. The van der Waals surface area contributed by atoms with Crippen LogP contribution in [0.25, 0.3) is 0 Å². The van der Waals surface area contributed by atoms with Crippen molar-refractivity contribution in [3.63, 3.8) is 0 Å². The molecule has 1 aromatic carbocycles. The van der Waals surface area contributed by atoms with Gasteiger partial charge >= 0.3 is 0 Å². The number of amides is 1. The Morgan fingerprint density at radius 3 is 2.62 bits per heavy atom. The Labute approximate surface area is 167 Å². The zero-order valence-electron chi connectivity index (χ0n) is 15.6. The number of anilines is 1. The molecule has 0 radical (unpaired) electrons. The second-order valence-corrected chi connectivity index (χ2v) is 7.95. The summed E-state index contributed by atoms with van der Waals surface area (Å²) in [7, 11) is 0. The van der Waals surface area contributed by atoms with Gasteiger partial charge in [-0.1, -0.05) is 38.1 Å². The van der Waals surface area contributed by atoms with Crippen LogP contribution in [-0.2, 0) is 11.2 Å². The van der Waals surface area contributed by atoms with Gasteiger partial charge in [-0.25, -0.2) is 0 Å². The lowest BCUT2D eigenvalue weighted by Crippen LogP contribution is -2.52. The Morgan fingerprint density at radius 2 is 2.00 bits per heavy atom. The number of carbonyl (C=O) groups excluding carboxylic acids is 1. The minimum Gasteiger partial charge on any atom is -0.309 e. The molecule has 3 rings (SSSR count). The van der Waals surface area contributed by atoms with Crippen molar-refractivity contribution in [2.45, 2.75) is 39.2 Å². The van der Waals surface area contributed by atoms with Crippen molar-refractivity contribution in [2.24, 2.45) is 5.92 Å². The van der Waals surface area contributed by atoms with Crippen LogP contribution in [0.15, 0.2) is 47.8 Å². The van der Waals surface area contributed by atoms with Crippen molar-refractivity contribution in [3.05, 3.63) is 52.7 Å². The van der Waals surface area contributed by atoms with Crippen molar-refractivity contribution in [3.8, 4) is 0 Å². The Hall–Kier alpha value is -1.36. The van der Waals surface area contributed by atoms with Crippen LogP contribution in [0.4, 0.5) is 5.69 Å². The molecular formula is C21H29ClN2OS. The lowest BCUT2D eigenvalue weighted by atomic mass is 9.91. The van der Waals surface area contributed by atoms with Crippen LogP contribution < -0.4 is 4.90 Å². The molecule has 0 unspecified atom stereocenters. The first-order chi connectivity index (χ1) is 12.2. The van der Waals surface area contributed by atoms with Crippen molar-refractivity contribution in [2.75, 3.05) is 24.5 Å². The number of thiophene rings is 1. The highest BCUT2D eigenvalue weighted by Crippen LogP contribution is 2.28. The summed E-state index contributed by atoms with van der Waals surface area (Å²) in [5, 5.41) is 2.15.